The molecule has 0 aliphatic heterocycles. The van der Waals surface area contributed by atoms with Crippen LogP contribution in [0.2, 0.25) is 0 Å². The van der Waals surface area contributed by atoms with E-state index >= 15 is 0 Å². The summed E-state index contributed by atoms with van der Waals surface area (Å²) in [6.45, 7) is 10.3. The van der Waals surface area contributed by atoms with Crippen molar-refractivity contribution in [1.82, 2.24) is 0 Å². The Morgan fingerprint density at radius 1 is 1.16 bits per heavy atom. The number of benzene rings is 2. The molecule has 0 radical (unpaired) electrons. The van der Waals surface area contributed by atoms with Crippen LogP contribution in [-0.2, 0) is 36.4 Å². The molecule has 9 heteroatoms. The maximum absolute atomic E-state index is 11.4. The van der Waals surface area contributed by atoms with Crippen molar-refractivity contribution in [3.05, 3.63) is 53.1 Å². The lowest BCUT2D eigenvalue weighted by Gasteiger charge is -2.25. The Hall–Kier alpha value is -2.17. The van der Waals surface area contributed by atoms with Gasteiger partial charge in [0.1, 0.15) is 6.61 Å². The summed E-state index contributed by atoms with van der Waals surface area (Å²) in [5, 5.41) is 3.30. The maximum atomic E-state index is 11.4. The number of anilines is 2. The summed E-state index contributed by atoms with van der Waals surface area (Å²) in [4.78, 5) is 13.6. The fourth-order valence-corrected chi connectivity index (χ4v) is 3.84. The lowest BCUT2D eigenvalue weighted by atomic mass is 9.81. The molecule has 1 unspecified atom stereocenters. The van der Waals surface area contributed by atoms with E-state index in [2.05, 4.69) is 31.1 Å². The summed E-state index contributed by atoms with van der Waals surface area (Å²) in [6.07, 6.45) is 1.61. The molecule has 172 valence electrons. The van der Waals surface area contributed by atoms with Crippen molar-refractivity contribution < 1.29 is 23.1 Å². The standard InChI is InChI=1S/C23H30N2O5P2/c1-6-16(3)24-22-11-9-20(13-18(22)15-31(26)27)25-21-10-8-19(23(4,5)7-2)12-17(21)14-30-32(28)29/h8-13,25H,6-7,14-15H2,1-5H3/p+1. The van der Waals surface area contributed by atoms with E-state index in [9.17, 15) is 13.7 Å². The Kier molecular flexibility index (Phi) is 9.47. The molecular weight excluding hydrogens is 446 g/mol. The van der Waals surface area contributed by atoms with Gasteiger partial charge in [0.25, 0.3) is 0 Å². The number of rotatable bonds is 11. The van der Waals surface area contributed by atoms with Gasteiger partial charge in [0, 0.05) is 27.2 Å². The second-order valence-electron chi connectivity index (χ2n) is 8.28. The number of hydrogen-bond acceptors (Lipinski definition) is 6. The van der Waals surface area contributed by atoms with Crippen LogP contribution in [0.15, 0.2) is 41.4 Å². The first-order chi connectivity index (χ1) is 15.1. The summed E-state index contributed by atoms with van der Waals surface area (Å²) in [6, 6.07) is 11.3. The van der Waals surface area contributed by atoms with E-state index in [1.54, 1.807) is 12.1 Å². The average Bonchev–Trinajstić information content (AvgIpc) is 2.74. The second-order valence-corrected chi connectivity index (χ2v) is 10.00. The highest BCUT2D eigenvalue weighted by molar-refractivity contribution is 7.32. The van der Waals surface area contributed by atoms with Crippen LogP contribution in [0, 0.1) is 0 Å². The van der Waals surface area contributed by atoms with Crippen molar-refractivity contribution >= 4 is 38.7 Å². The second kappa shape index (κ2) is 11.6. The molecule has 0 aliphatic rings. The highest BCUT2D eigenvalue weighted by atomic mass is 31.1. The zero-order valence-electron chi connectivity index (χ0n) is 19.2. The van der Waals surface area contributed by atoms with Crippen LogP contribution in [-0.4, -0.2) is 10.6 Å². The zero-order chi connectivity index (χ0) is 23.9. The Labute approximate surface area is 191 Å². The van der Waals surface area contributed by atoms with Crippen molar-refractivity contribution in [1.29, 1.82) is 0 Å². The minimum Gasteiger partial charge on any atom is -0.355 e. The number of nitrogens with one attached hydrogen (secondary N) is 1. The predicted molar refractivity (Wildman–Crippen MR) is 129 cm³/mol. The van der Waals surface area contributed by atoms with Gasteiger partial charge < -0.3 is 5.32 Å². The number of nitrogens with zero attached hydrogens (tertiary/aromatic N) is 1. The van der Waals surface area contributed by atoms with Crippen molar-refractivity contribution in [2.24, 2.45) is 4.99 Å². The average molecular weight is 477 g/mol. The topological polar surface area (TPSA) is 105 Å². The van der Waals surface area contributed by atoms with Gasteiger partial charge >= 0.3 is 15.9 Å². The molecule has 0 heterocycles. The molecule has 2 aromatic rings. The van der Waals surface area contributed by atoms with E-state index < -0.39 is 15.9 Å². The van der Waals surface area contributed by atoms with E-state index in [0.717, 1.165) is 35.4 Å². The van der Waals surface area contributed by atoms with Gasteiger partial charge in [-0.3, -0.25) is 4.99 Å². The quantitative estimate of drug-likeness (QED) is 0.257. The van der Waals surface area contributed by atoms with E-state index in [4.69, 9.17) is 9.42 Å². The molecule has 0 fully saturated rings. The van der Waals surface area contributed by atoms with E-state index in [0.29, 0.717) is 16.9 Å². The van der Waals surface area contributed by atoms with Crippen LogP contribution >= 0.6 is 15.9 Å². The first-order valence-electron chi connectivity index (χ1n) is 10.5. The summed E-state index contributed by atoms with van der Waals surface area (Å²) in [7, 11) is -5.34. The lowest BCUT2D eigenvalue weighted by molar-refractivity contribution is 0.272. The molecule has 0 saturated heterocycles. The fourth-order valence-electron chi connectivity index (χ4n) is 3.06. The van der Waals surface area contributed by atoms with Gasteiger partial charge in [-0.05, 0) is 60.6 Å². The van der Waals surface area contributed by atoms with Crippen LogP contribution in [0.3, 0.4) is 0 Å². The predicted octanol–water partition coefficient (Wildman–Crippen LogP) is 7.46. The molecule has 7 nitrogen and oxygen atoms in total. The zero-order valence-corrected chi connectivity index (χ0v) is 21.0. The molecular formula is C23H31N2O5P2+. The first-order valence-corrected chi connectivity index (χ1v) is 13.0. The van der Waals surface area contributed by atoms with Crippen molar-refractivity contribution in [3.8, 4) is 0 Å². The normalized spacial score (nSPS) is 12.6. The minimum atomic E-state index is -2.73. The van der Waals surface area contributed by atoms with Gasteiger partial charge in [-0.25, -0.2) is 9.13 Å². The molecule has 0 aromatic heterocycles. The van der Waals surface area contributed by atoms with Gasteiger partial charge in [-0.2, -0.15) is 0 Å². The molecule has 2 rings (SSSR count). The molecule has 0 saturated carbocycles. The van der Waals surface area contributed by atoms with Crippen LogP contribution < -0.4 is 5.32 Å². The summed E-state index contributed by atoms with van der Waals surface area (Å²) in [5.74, 6) is 0. The summed E-state index contributed by atoms with van der Waals surface area (Å²) < 4.78 is 38.9. The van der Waals surface area contributed by atoms with Crippen molar-refractivity contribution in [3.63, 3.8) is 0 Å². The number of hydrogen-bond donors (Lipinski definition) is 2. The highest BCUT2D eigenvalue weighted by Crippen LogP contribution is 2.34. The molecule has 1 atom stereocenters. The van der Waals surface area contributed by atoms with Crippen LogP contribution in [0.5, 0.6) is 0 Å². The third-order valence-electron chi connectivity index (χ3n) is 5.58. The maximum Gasteiger partial charge on any atom is 0.695 e. The summed E-state index contributed by atoms with van der Waals surface area (Å²) >= 11 is 0. The number of aliphatic imine (C=N–C) groups is 1. The first kappa shape index (κ1) is 26.1. The van der Waals surface area contributed by atoms with Gasteiger partial charge in [0.2, 0.25) is 0 Å². The van der Waals surface area contributed by atoms with Gasteiger partial charge in [0.15, 0.2) is 0 Å². The molecule has 0 spiro atoms. The van der Waals surface area contributed by atoms with E-state index in [1.807, 2.05) is 38.1 Å². The lowest BCUT2D eigenvalue weighted by Crippen LogP contribution is -2.16. The monoisotopic (exact) mass is 477 g/mol. The molecule has 0 bridgehead atoms. The Morgan fingerprint density at radius 2 is 1.88 bits per heavy atom. The van der Waals surface area contributed by atoms with Gasteiger partial charge in [-0.1, -0.05) is 39.8 Å². The van der Waals surface area contributed by atoms with Gasteiger partial charge in [-0.15, -0.1) is 9.42 Å². The van der Waals surface area contributed by atoms with Crippen LogP contribution in [0.1, 0.15) is 64.2 Å². The third kappa shape index (κ3) is 7.46. The van der Waals surface area contributed by atoms with Crippen molar-refractivity contribution in [2.45, 2.75) is 65.6 Å². The fraction of sp³-hybridized carbons (Fsp3) is 0.435. The molecule has 2 N–H and O–H groups in total. The summed E-state index contributed by atoms with van der Waals surface area (Å²) in [5.41, 5.74) is 5.35. The van der Waals surface area contributed by atoms with Crippen LogP contribution in [0.25, 0.3) is 0 Å². The Morgan fingerprint density at radius 3 is 2.47 bits per heavy atom. The smallest absolute Gasteiger partial charge is 0.355 e. The largest absolute Gasteiger partial charge is 0.695 e. The van der Waals surface area contributed by atoms with E-state index in [-0.39, 0.29) is 18.2 Å². The van der Waals surface area contributed by atoms with Crippen molar-refractivity contribution in [2.75, 3.05) is 5.32 Å². The van der Waals surface area contributed by atoms with Crippen LogP contribution in [0.4, 0.5) is 17.1 Å². The Balaban J connectivity index is 2.46. The molecule has 0 amide bonds. The third-order valence-corrected chi connectivity index (χ3v) is 6.53. The van der Waals surface area contributed by atoms with E-state index in [1.165, 1.54) is 0 Å². The molecule has 32 heavy (non-hydrogen) atoms. The molecule has 2 aromatic carbocycles. The molecule has 0 aliphatic carbocycles. The van der Waals surface area contributed by atoms with Gasteiger partial charge in [0.05, 0.1) is 11.8 Å². The Bertz CT molecular complexity index is 1070. The SMILES string of the molecule is CCC(C)=Nc1ccc(Nc2ccc(C(C)(C)CC)cc2CO[P+](=O)O)cc1CP(=O)=O. The highest BCUT2D eigenvalue weighted by Gasteiger charge is 2.21. The minimum absolute atomic E-state index is 0.0287.